The lowest BCUT2D eigenvalue weighted by Gasteiger charge is -2.37. The molecule has 1 aliphatic heterocycles. The Balaban J connectivity index is 2.26. The van der Waals surface area contributed by atoms with Gasteiger partial charge in [-0.25, -0.2) is 4.79 Å². The SMILES string of the molecule is COC(=O)/C=C\c1ccc(N2CC(O)C2)c([N+](=O)[O-])c1. The van der Waals surface area contributed by atoms with Crippen LogP contribution in [0, 0.1) is 10.1 Å². The number of hydrogen-bond donors (Lipinski definition) is 1. The number of nitrogens with zero attached hydrogens (tertiary/aromatic N) is 2. The number of ether oxygens (including phenoxy) is 1. The zero-order valence-electron chi connectivity index (χ0n) is 10.9. The summed E-state index contributed by atoms with van der Waals surface area (Å²) < 4.78 is 4.45. The van der Waals surface area contributed by atoms with Crippen molar-refractivity contribution in [1.29, 1.82) is 0 Å². The first-order valence-corrected chi connectivity index (χ1v) is 5.98. The zero-order valence-corrected chi connectivity index (χ0v) is 10.9. The van der Waals surface area contributed by atoms with E-state index in [4.69, 9.17) is 0 Å². The lowest BCUT2D eigenvalue weighted by Crippen LogP contribution is -2.51. The summed E-state index contributed by atoms with van der Waals surface area (Å²) >= 11 is 0. The van der Waals surface area contributed by atoms with Gasteiger partial charge in [0.2, 0.25) is 0 Å². The van der Waals surface area contributed by atoms with Crippen molar-refractivity contribution in [2.75, 3.05) is 25.1 Å². The van der Waals surface area contributed by atoms with E-state index in [1.165, 1.54) is 25.3 Å². The molecule has 1 aromatic carbocycles. The van der Waals surface area contributed by atoms with Gasteiger partial charge in [0.15, 0.2) is 0 Å². The van der Waals surface area contributed by atoms with Crippen molar-refractivity contribution in [3.8, 4) is 0 Å². The van der Waals surface area contributed by atoms with Crippen molar-refractivity contribution in [2.45, 2.75) is 6.10 Å². The van der Waals surface area contributed by atoms with Gasteiger partial charge < -0.3 is 14.7 Å². The molecular weight excluding hydrogens is 264 g/mol. The van der Waals surface area contributed by atoms with Crippen molar-refractivity contribution >= 4 is 23.4 Å². The number of nitro benzene ring substituents is 1. The molecule has 0 aliphatic carbocycles. The topological polar surface area (TPSA) is 92.9 Å². The molecule has 7 heteroatoms. The zero-order chi connectivity index (χ0) is 14.7. The largest absolute Gasteiger partial charge is 0.466 e. The van der Waals surface area contributed by atoms with E-state index in [-0.39, 0.29) is 5.69 Å². The highest BCUT2D eigenvalue weighted by Crippen LogP contribution is 2.32. The minimum absolute atomic E-state index is 0.0519. The van der Waals surface area contributed by atoms with Gasteiger partial charge in [-0.3, -0.25) is 10.1 Å². The summed E-state index contributed by atoms with van der Waals surface area (Å²) in [7, 11) is 1.26. The van der Waals surface area contributed by atoms with Gasteiger partial charge in [0.05, 0.1) is 18.1 Å². The van der Waals surface area contributed by atoms with Crippen LogP contribution in [0.3, 0.4) is 0 Å². The number of aliphatic hydroxyl groups is 1. The summed E-state index contributed by atoms with van der Waals surface area (Å²) in [5.41, 5.74) is 0.950. The van der Waals surface area contributed by atoms with E-state index in [1.54, 1.807) is 17.0 Å². The number of anilines is 1. The minimum atomic E-state index is -0.525. The number of esters is 1. The molecule has 1 fully saturated rings. The fraction of sp³-hybridized carbons (Fsp3) is 0.308. The third-order valence-electron chi connectivity index (χ3n) is 3.01. The van der Waals surface area contributed by atoms with Crippen LogP contribution in [0.4, 0.5) is 11.4 Å². The number of aliphatic hydroxyl groups excluding tert-OH is 1. The van der Waals surface area contributed by atoms with Crippen molar-refractivity contribution in [3.63, 3.8) is 0 Å². The average molecular weight is 278 g/mol. The number of carbonyl (C=O) groups is 1. The number of hydrogen-bond acceptors (Lipinski definition) is 6. The molecule has 0 amide bonds. The molecular formula is C13H14N2O5. The molecule has 1 aliphatic rings. The minimum Gasteiger partial charge on any atom is -0.466 e. The summed E-state index contributed by atoms with van der Waals surface area (Å²) in [4.78, 5) is 23.3. The molecule has 0 radical (unpaired) electrons. The quantitative estimate of drug-likeness (QED) is 0.381. The van der Waals surface area contributed by atoms with Crippen LogP contribution >= 0.6 is 0 Å². The maximum Gasteiger partial charge on any atom is 0.330 e. The first kappa shape index (κ1) is 14.0. The molecule has 1 saturated heterocycles. The Kier molecular flexibility index (Phi) is 3.99. The Morgan fingerprint density at radius 3 is 2.80 bits per heavy atom. The third-order valence-corrected chi connectivity index (χ3v) is 3.01. The highest BCUT2D eigenvalue weighted by atomic mass is 16.6. The van der Waals surface area contributed by atoms with Gasteiger partial charge in [-0.05, 0) is 17.7 Å². The number of β-amino-alcohol motifs (C(OH)–C–C–N with tert-alkyl or cyclic N) is 1. The maximum atomic E-state index is 11.1. The van der Waals surface area contributed by atoms with Gasteiger partial charge in [-0.1, -0.05) is 6.07 Å². The second-order valence-corrected chi connectivity index (χ2v) is 4.42. The van der Waals surface area contributed by atoms with Crippen LogP contribution in [-0.2, 0) is 9.53 Å². The predicted molar refractivity (Wildman–Crippen MR) is 72.4 cm³/mol. The monoisotopic (exact) mass is 278 g/mol. The summed E-state index contributed by atoms with van der Waals surface area (Å²) in [5, 5.41) is 20.4. The normalized spacial score (nSPS) is 15.2. The Bertz CT molecular complexity index is 564. The average Bonchev–Trinajstić information content (AvgIpc) is 2.41. The van der Waals surface area contributed by atoms with E-state index in [9.17, 15) is 20.0 Å². The molecule has 0 atom stereocenters. The fourth-order valence-corrected chi connectivity index (χ4v) is 1.94. The van der Waals surface area contributed by atoms with Gasteiger partial charge >= 0.3 is 5.97 Å². The number of carbonyl (C=O) groups excluding carboxylic acids is 1. The fourth-order valence-electron chi connectivity index (χ4n) is 1.94. The maximum absolute atomic E-state index is 11.1. The van der Waals surface area contributed by atoms with Gasteiger partial charge in [0, 0.05) is 25.2 Å². The van der Waals surface area contributed by atoms with Gasteiger partial charge in [-0.15, -0.1) is 0 Å². The Morgan fingerprint density at radius 1 is 1.55 bits per heavy atom. The summed E-state index contributed by atoms with van der Waals surface area (Å²) in [6.07, 6.45) is 2.22. The van der Waals surface area contributed by atoms with Crippen molar-refractivity contribution in [1.82, 2.24) is 0 Å². The molecule has 0 aromatic heterocycles. The van der Waals surface area contributed by atoms with Gasteiger partial charge in [-0.2, -0.15) is 0 Å². The summed E-state index contributed by atoms with van der Waals surface area (Å²) in [6.45, 7) is 0.774. The van der Waals surface area contributed by atoms with Crippen molar-refractivity contribution < 1.29 is 19.6 Å². The molecule has 1 aromatic rings. The number of nitro groups is 1. The molecule has 2 rings (SSSR count). The van der Waals surface area contributed by atoms with E-state index in [1.807, 2.05) is 0 Å². The predicted octanol–water partition coefficient (Wildman–Crippen LogP) is 0.962. The lowest BCUT2D eigenvalue weighted by atomic mass is 10.1. The molecule has 1 N–H and O–H groups in total. The van der Waals surface area contributed by atoms with E-state index in [2.05, 4.69) is 4.74 Å². The van der Waals surface area contributed by atoms with Crippen LogP contribution in [0.5, 0.6) is 0 Å². The van der Waals surface area contributed by atoms with Crippen molar-refractivity contribution in [2.24, 2.45) is 0 Å². The number of benzene rings is 1. The highest BCUT2D eigenvalue weighted by molar-refractivity contribution is 5.87. The standard InChI is InChI=1S/C13H14N2O5/c1-20-13(17)5-3-9-2-4-11(12(6-9)15(18)19)14-7-10(16)8-14/h2-6,10,16H,7-8H2,1H3/b5-3-. The molecule has 7 nitrogen and oxygen atoms in total. The van der Waals surface area contributed by atoms with E-state index >= 15 is 0 Å². The molecule has 0 unspecified atom stereocenters. The highest BCUT2D eigenvalue weighted by Gasteiger charge is 2.29. The van der Waals surface area contributed by atoms with Crippen LogP contribution in [0.2, 0.25) is 0 Å². The van der Waals surface area contributed by atoms with Crippen molar-refractivity contribution in [3.05, 3.63) is 40.0 Å². The number of methoxy groups -OCH3 is 1. The van der Waals surface area contributed by atoms with Gasteiger partial charge in [0.1, 0.15) is 5.69 Å². The van der Waals surface area contributed by atoms with E-state index < -0.39 is 17.0 Å². The molecule has 0 bridgehead atoms. The number of rotatable bonds is 4. The first-order chi connectivity index (χ1) is 9.51. The van der Waals surface area contributed by atoms with Crippen LogP contribution in [0.25, 0.3) is 6.08 Å². The Hall–Kier alpha value is -2.41. The van der Waals surface area contributed by atoms with E-state index in [0.717, 1.165) is 0 Å². The second-order valence-electron chi connectivity index (χ2n) is 4.42. The molecule has 0 saturated carbocycles. The summed E-state index contributed by atoms with van der Waals surface area (Å²) in [5.74, 6) is -0.525. The van der Waals surface area contributed by atoms with Crippen LogP contribution in [-0.4, -0.2) is 42.3 Å². The summed E-state index contributed by atoms with van der Waals surface area (Å²) in [6, 6.07) is 4.67. The Morgan fingerprint density at radius 2 is 2.25 bits per heavy atom. The molecule has 0 spiro atoms. The third kappa shape index (κ3) is 2.94. The second kappa shape index (κ2) is 5.70. The first-order valence-electron chi connectivity index (χ1n) is 5.98. The Labute approximate surface area is 115 Å². The molecule has 106 valence electrons. The van der Waals surface area contributed by atoms with Crippen LogP contribution < -0.4 is 4.90 Å². The van der Waals surface area contributed by atoms with Crippen LogP contribution in [0.15, 0.2) is 24.3 Å². The van der Waals surface area contributed by atoms with Crippen LogP contribution in [0.1, 0.15) is 5.56 Å². The molecule has 20 heavy (non-hydrogen) atoms. The van der Waals surface area contributed by atoms with E-state index in [0.29, 0.717) is 24.3 Å². The molecule has 1 heterocycles. The smallest absolute Gasteiger partial charge is 0.330 e. The lowest BCUT2D eigenvalue weighted by molar-refractivity contribution is -0.384. The van der Waals surface area contributed by atoms with Gasteiger partial charge in [0.25, 0.3) is 5.69 Å².